The minimum absolute atomic E-state index is 0.161. The van der Waals surface area contributed by atoms with Crippen molar-refractivity contribution in [1.29, 1.82) is 0 Å². The molecule has 0 aromatic heterocycles. The van der Waals surface area contributed by atoms with E-state index in [1.54, 1.807) is 6.07 Å². The predicted molar refractivity (Wildman–Crippen MR) is 120 cm³/mol. The van der Waals surface area contributed by atoms with Gasteiger partial charge in [-0.1, -0.05) is 74.5 Å². The third-order valence-electron chi connectivity index (χ3n) is 7.40. The Bertz CT molecular complexity index is 1110. The molecular weight excluding hydrogens is 372 g/mol. The summed E-state index contributed by atoms with van der Waals surface area (Å²) in [5.41, 5.74) is 5.28. The van der Waals surface area contributed by atoms with Crippen LogP contribution in [0, 0.1) is 10.1 Å². The molecule has 0 aliphatic carbocycles. The molecule has 4 nitrogen and oxygen atoms in total. The van der Waals surface area contributed by atoms with Crippen LogP contribution < -0.4 is 4.90 Å². The maximum Gasteiger partial charge on any atom is 0.275 e. The Morgan fingerprint density at radius 2 is 1.33 bits per heavy atom. The maximum absolute atomic E-state index is 12.1. The van der Waals surface area contributed by atoms with Crippen molar-refractivity contribution in [3.63, 3.8) is 0 Å². The molecule has 4 heteroatoms. The van der Waals surface area contributed by atoms with Crippen molar-refractivity contribution in [3.05, 3.63) is 105 Å². The lowest BCUT2D eigenvalue weighted by Gasteiger charge is -2.49. The van der Waals surface area contributed by atoms with Crippen LogP contribution in [0.4, 0.5) is 11.4 Å². The molecule has 2 aliphatic rings. The maximum atomic E-state index is 12.1. The van der Waals surface area contributed by atoms with Gasteiger partial charge in [-0.2, -0.15) is 0 Å². The van der Waals surface area contributed by atoms with E-state index < -0.39 is 0 Å². The van der Waals surface area contributed by atoms with Crippen molar-refractivity contribution in [2.45, 2.75) is 37.5 Å². The summed E-state index contributed by atoms with van der Waals surface area (Å²) in [5, 5.41) is 12.1. The molecule has 0 bridgehead atoms. The molecule has 0 N–H and O–H groups in total. The van der Waals surface area contributed by atoms with Gasteiger partial charge in [0.25, 0.3) is 5.69 Å². The summed E-state index contributed by atoms with van der Waals surface area (Å²) >= 11 is 0. The van der Waals surface area contributed by atoms with Crippen LogP contribution in [0.3, 0.4) is 0 Å². The summed E-state index contributed by atoms with van der Waals surface area (Å²) in [6.45, 7) is 6.29. The summed E-state index contributed by atoms with van der Waals surface area (Å²) in [5.74, 6) is 0. The largest absolute Gasteiger partial charge is 0.371 e. The average molecular weight is 399 g/mol. The van der Waals surface area contributed by atoms with Crippen molar-refractivity contribution >= 4 is 11.4 Å². The van der Waals surface area contributed by atoms with E-state index in [9.17, 15) is 10.1 Å². The van der Waals surface area contributed by atoms with E-state index in [0.29, 0.717) is 0 Å². The average Bonchev–Trinajstić information content (AvgIpc) is 2.79. The molecule has 3 aromatic rings. The van der Waals surface area contributed by atoms with Gasteiger partial charge in [0.2, 0.25) is 0 Å². The molecular formula is C26H26N2O2. The Kier molecular flexibility index (Phi) is 4.21. The van der Waals surface area contributed by atoms with Gasteiger partial charge in [0.1, 0.15) is 0 Å². The van der Waals surface area contributed by atoms with Crippen LogP contribution in [-0.4, -0.2) is 18.0 Å². The first-order valence-corrected chi connectivity index (χ1v) is 10.6. The molecule has 0 unspecified atom stereocenters. The number of nitrogens with zero attached hydrogens (tertiary/aromatic N) is 2. The molecule has 2 heterocycles. The highest BCUT2D eigenvalue weighted by Gasteiger charge is 2.47. The smallest absolute Gasteiger partial charge is 0.275 e. The number of rotatable bonds is 3. The molecule has 0 fully saturated rings. The minimum atomic E-state index is -0.388. The van der Waals surface area contributed by atoms with Crippen LogP contribution in [-0.2, 0) is 10.8 Å². The zero-order chi connectivity index (χ0) is 20.9. The van der Waals surface area contributed by atoms with Gasteiger partial charge in [0.15, 0.2) is 0 Å². The molecule has 2 atom stereocenters. The molecule has 5 rings (SSSR count). The lowest BCUT2D eigenvalue weighted by atomic mass is 9.64. The van der Waals surface area contributed by atoms with Gasteiger partial charge in [-0.15, -0.1) is 0 Å². The quantitative estimate of drug-likeness (QED) is 0.412. The molecule has 0 spiro atoms. The number of benzene rings is 3. The highest BCUT2D eigenvalue weighted by Crippen LogP contribution is 2.55. The van der Waals surface area contributed by atoms with Crippen LogP contribution in [0.15, 0.2) is 72.8 Å². The third kappa shape index (κ3) is 2.59. The highest BCUT2D eigenvalue weighted by atomic mass is 16.6. The van der Waals surface area contributed by atoms with Crippen molar-refractivity contribution in [3.8, 4) is 0 Å². The Labute approximate surface area is 177 Å². The third-order valence-corrected chi connectivity index (χ3v) is 7.40. The molecule has 0 radical (unpaired) electrons. The summed E-state index contributed by atoms with van der Waals surface area (Å²) in [4.78, 5) is 14.3. The Morgan fingerprint density at radius 1 is 0.800 bits per heavy atom. The van der Waals surface area contributed by atoms with E-state index in [1.165, 1.54) is 11.1 Å². The fourth-order valence-electron chi connectivity index (χ4n) is 5.56. The summed E-state index contributed by atoms with van der Waals surface area (Å²) in [6, 6.07) is 24.6. The SMILES string of the molecule is C[C@@]1(c2ccccc2)CCN2CC[C@@](C)(c3ccccc3)c3c([N+](=O)[O-])ccc1c32. The monoisotopic (exact) mass is 398 g/mol. The lowest BCUT2D eigenvalue weighted by molar-refractivity contribution is -0.386. The van der Waals surface area contributed by atoms with Crippen LogP contribution in [0.1, 0.15) is 48.9 Å². The van der Waals surface area contributed by atoms with Gasteiger partial charge < -0.3 is 4.90 Å². The molecule has 2 aliphatic heterocycles. The number of anilines is 1. The first-order valence-electron chi connectivity index (χ1n) is 10.6. The van der Waals surface area contributed by atoms with Gasteiger partial charge in [-0.3, -0.25) is 10.1 Å². The summed E-state index contributed by atoms with van der Waals surface area (Å²) in [7, 11) is 0. The van der Waals surface area contributed by atoms with E-state index in [-0.39, 0.29) is 21.4 Å². The molecule has 0 amide bonds. The molecule has 152 valence electrons. The van der Waals surface area contributed by atoms with Gasteiger partial charge in [-0.05, 0) is 35.6 Å². The Hall–Kier alpha value is -3.14. The molecule has 0 saturated carbocycles. The minimum Gasteiger partial charge on any atom is -0.371 e. The second kappa shape index (κ2) is 6.69. The van der Waals surface area contributed by atoms with E-state index in [1.807, 2.05) is 30.3 Å². The van der Waals surface area contributed by atoms with E-state index in [0.717, 1.165) is 42.7 Å². The van der Waals surface area contributed by atoms with Crippen molar-refractivity contribution in [2.75, 3.05) is 18.0 Å². The van der Waals surface area contributed by atoms with Crippen LogP contribution in [0.25, 0.3) is 0 Å². The molecule has 30 heavy (non-hydrogen) atoms. The predicted octanol–water partition coefficient (Wildman–Crippen LogP) is 5.82. The second-order valence-corrected chi connectivity index (χ2v) is 9.00. The Balaban J connectivity index is 1.82. The number of hydrogen-bond acceptors (Lipinski definition) is 3. The first kappa shape index (κ1) is 18.9. The summed E-state index contributed by atoms with van der Waals surface area (Å²) < 4.78 is 0. The standard InChI is InChI=1S/C26H26N2O2/c1-25(19-9-5-3-6-10-19)15-17-27-18-16-26(2,20-11-7-4-8-12-20)23-22(28(29)30)14-13-21(25)24(23)27/h3-14H,15-18H2,1-2H3/t25-,26-/m0/s1. The normalized spacial score (nSPS) is 24.9. The lowest BCUT2D eigenvalue weighted by Crippen LogP contribution is -2.47. The fraction of sp³-hybridized carbons (Fsp3) is 0.308. The van der Waals surface area contributed by atoms with Gasteiger partial charge in [-0.25, -0.2) is 0 Å². The van der Waals surface area contributed by atoms with Crippen LogP contribution >= 0.6 is 0 Å². The van der Waals surface area contributed by atoms with Crippen LogP contribution in [0.5, 0.6) is 0 Å². The number of nitro benzene ring substituents is 1. The second-order valence-electron chi connectivity index (χ2n) is 9.00. The van der Waals surface area contributed by atoms with Gasteiger partial charge in [0.05, 0.1) is 16.2 Å². The van der Waals surface area contributed by atoms with Crippen molar-refractivity contribution in [1.82, 2.24) is 0 Å². The van der Waals surface area contributed by atoms with Gasteiger partial charge in [0, 0.05) is 30.0 Å². The number of hydrogen-bond donors (Lipinski definition) is 0. The van der Waals surface area contributed by atoms with Crippen molar-refractivity contribution < 1.29 is 4.92 Å². The first-order chi connectivity index (χ1) is 14.4. The molecule has 3 aromatic carbocycles. The summed E-state index contributed by atoms with van der Waals surface area (Å²) in [6.07, 6.45) is 1.87. The highest BCUT2D eigenvalue weighted by molar-refractivity contribution is 5.76. The van der Waals surface area contributed by atoms with Crippen LogP contribution in [0.2, 0.25) is 0 Å². The van der Waals surface area contributed by atoms with Crippen molar-refractivity contribution in [2.24, 2.45) is 0 Å². The van der Waals surface area contributed by atoms with E-state index >= 15 is 0 Å². The topological polar surface area (TPSA) is 46.4 Å². The Morgan fingerprint density at radius 3 is 1.90 bits per heavy atom. The number of nitro groups is 1. The molecule has 0 saturated heterocycles. The van der Waals surface area contributed by atoms with E-state index in [4.69, 9.17) is 0 Å². The zero-order valence-electron chi connectivity index (χ0n) is 17.5. The van der Waals surface area contributed by atoms with Gasteiger partial charge >= 0.3 is 0 Å². The van der Waals surface area contributed by atoms with E-state index in [2.05, 4.69) is 55.1 Å². The zero-order valence-corrected chi connectivity index (χ0v) is 17.5. The fourth-order valence-corrected chi connectivity index (χ4v) is 5.56.